The molecule has 0 radical (unpaired) electrons. The van der Waals surface area contributed by atoms with Gasteiger partial charge in [0.25, 0.3) is 6.71 Å². The SMILES string of the molecule is Cc1ccc(N2c3cc(N4c5ccccc5C5CCCCC54)cc4c3B(c3sc5cc6c(cc5c32)C(C)(C)CCC6(C)C)c2sc3cc5c(cc3c2N4c2ccc(C)cc2)C(C)(C)CCC5(C)C)cc1. The second-order valence-corrected chi connectivity index (χ2v) is 27.2. The Morgan fingerprint density at radius 1 is 0.486 bits per heavy atom. The van der Waals surface area contributed by atoms with Crippen LogP contribution in [0.1, 0.15) is 152 Å². The number of hydrogen-bond acceptors (Lipinski definition) is 5. The van der Waals surface area contributed by atoms with E-state index in [2.05, 4.69) is 216 Å². The summed E-state index contributed by atoms with van der Waals surface area (Å²) >= 11 is 4.16. The van der Waals surface area contributed by atoms with Crippen molar-refractivity contribution in [2.45, 2.75) is 154 Å². The van der Waals surface area contributed by atoms with Gasteiger partial charge >= 0.3 is 0 Å². The highest BCUT2D eigenvalue weighted by molar-refractivity contribution is 7.40. The van der Waals surface area contributed by atoms with E-state index in [-0.39, 0.29) is 28.4 Å². The summed E-state index contributed by atoms with van der Waals surface area (Å²) < 4.78 is 5.80. The lowest BCUT2D eigenvalue weighted by molar-refractivity contribution is 0.332. The lowest BCUT2D eigenvalue weighted by Crippen LogP contribution is -2.59. The maximum Gasteiger partial charge on any atom is 0.277 e. The van der Waals surface area contributed by atoms with Gasteiger partial charge < -0.3 is 14.7 Å². The Bertz CT molecular complexity index is 3320. The second-order valence-electron chi connectivity index (χ2n) is 25.0. The van der Waals surface area contributed by atoms with Crippen LogP contribution in [0, 0.1) is 13.8 Å². The van der Waals surface area contributed by atoms with E-state index in [0.717, 1.165) is 0 Å². The van der Waals surface area contributed by atoms with Crippen LogP contribution in [-0.4, -0.2) is 12.8 Å². The van der Waals surface area contributed by atoms with Gasteiger partial charge in [-0.1, -0.05) is 122 Å². The monoisotopic (exact) mass is 951 g/mol. The van der Waals surface area contributed by atoms with Crippen LogP contribution in [0.2, 0.25) is 0 Å². The molecule has 2 atom stereocenters. The molecule has 2 unspecified atom stereocenters. The van der Waals surface area contributed by atoms with Gasteiger partial charge in [0.2, 0.25) is 0 Å². The molecule has 3 nitrogen and oxygen atoms in total. The molecule has 0 spiro atoms. The smallest absolute Gasteiger partial charge is 0.277 e. The maximum atomic E-state index is 2.80. The first-order valence-corrected chi connectivity index (χ1v) is 28.1. The van der Waals surface area contributed by atoms with Gasteiger partial charge in [0.1, 0.15) is 0 Å². The van der Waals surface area contributed by atoms with Gasteiger partial charge in [-0.3, -0.25) is 0 Å². The minimum absolute atomic E-state index is 0.0756. The average molecular weight is 952 g/mol. The fourth-order valence-electron chi connectivity index (χ4n) is 14.5. The summed E-state index contributed by atoms with van der Waals surface area (Å²) in [6, 6.07) is 44.7. The van der Waals surface area contributed by atoms with Crippen LogP contribution in [0.25, 0.3) is 20.2 Å². The first-order valence-electron chi connectivity index (χ1n) is 26.5. The third-order valence-corrected chi connectivity index (χ3v) is 21.1. The molecule has 6 heteroatoms. The van der Waals surface area contributed by atoms with E-state index in [1.165, 1.54) is 160 Å². The number of hydrogen-bond donors (Lipinski definition) is 0. The molecule has 0 amide bonds. The number of nitrogens with zero attached hydrogens (tertiary/aromatic N) is 3. The van der Waals surface area contributed by atoms with E-state index in [9.17, 15) is 0 Å². The standard InChI is InChI=1S/C64H66BN3S2/c1-37-19-23-39(24-20-37)67-52-31-41(66-50-17-13-11-15-42(50)43-16-12-14-18-51(43)66)32-53-56(52)65(59-57(67)44-33-46-48(35-54(44)69-59)63(7,8)29-27-61(46,3)4)60-58(68(53)40-25-21-38(2)22-26-40)45-34-47-49(36-55(45)70-60)64(9,10)30-28-62(47,5)6/h11,13,15,17,19-26,31-36,43,51H,12,14,16,18,27-30H2,1-10H3. The molecular weight excluding hydrogens is 886 g/mol. The van der Waals surface area contributed by atoms with Crippen LogP contribution < -0.4 is 29.7 Å². The maximum absolute atomic E-state index is 2.80. The van der Waals surface area contributed by atoms with Crippen molar-refractivity contribution in [1.82, 2.24) is 0 Å². The molecule has 14 rings (SSSR count). The van der Waals surface area contributed by atoms with Crippen LogP contribution in [0.5, 0.6) is 0 Å². The van der Waals surface area contributed by atoms with Gasteiger partial charge in [0.15, 0.2) is 0 Å². The summed E-state index contributed by atoms with van der Waals surface area (Å²) in [6.07, 6.45) is 9.86. The van der Waals surface area contributed by atoms with Crippen LogP contribution in [0.4, 0.5) is 45.5 Å². The highest BCUT2D eigenvalue weighted by atomic mass is 32.1. The molecule has 0 bridgehead atoms. The minimum Gasteiger partial charge on any atom is -0.337 e. The molecule has 2 aromatic heterocycles. The fraction of sp³-hybridized carbons (Fsp3) is 0.375. The largest absolute Gasteiger partial charge is 0.337 e. The summed E-state index contributed by atoms with van der Waals surface area (Å²) in [5, 5.41) is 2.81. The highest BCUT2D eigenvalue weighted by Crippen LogP contribution is 2.58. The van der Waals surface area contributed by atoms with Crippen LogP contribution in [0.3, 0.4) is 0 Å². The molecule has 3 aliphatic carbocycles. The van der Waals surface area contributed by atoms with Crippen LogP contribution in [-0.2, 0) is 21.7 Å². The Kier molecular flexibility index (Phi) is 9.11. The van der Waals surface area contributed by atoms with Crippen LogP contribution in [0.15, 0.2) is 109 Å². The van der Waals surface area contributed by atoms with Gasteiger partial charge in [-0.25, -0.2) is 0 Å². The normalized spacial score (nSPS) is 21.7. The molecular formula is C64H66BN3S2. The number of rotatable bonds is 3. The average Bonchev–Trinajstić information content (AvgIpc) is 4.01. The zero-order chi connectivity index (χ0) is 48.0. The Labute approximate surface area is 424 Å². The van der Waals surface area contributed by atoms with Crippen molar-refractivity contribution in [2.24, 2.45) is 0 Å². The summed E-state index contributed by atoms with van der Waals surface area (Å²) in [4.78, 5) is 8.26. The minimum atomic E-state index is 0.0756. The van der Waals surface area contributed by atoms with Crippen molar-refractivity contribution < 1.29 is 0 Å². The third kappa shape index (κ3) is 6.05. The first kappa shape index (κ1) is 43.5. The summed E-state index contributed by atoms with van der Waals surface area (Å²) in [6.45, 7) is 24.5. The Balaban J connectivity index is 1.14. The van der Waals surface area contributed by atoms with Crippen molar-refractivity contribution in [3.8, 4) is 0 Å². The lowest BCUT2D eigenvalue weighted by atomic mass is 9.39. The molecule has 6 aromatic carbocycles. The van der Waals surface area contributed by atoms with Crippen molar-refractivity contribution >= 4 is 110 Å². The molecule has 1 fully saturated rings. The van der Waals surface area contributed by atoms with Gasteiger partial charge in [-0.15, -0.1) is 22.7 Å². The van der Waals surface area contributed by atoms with Crippen molar-refractivity contribution in [1.29, 1.82) is 0 Å². The number of anilines is 8. The van der Waals surface area contributed by atoms with Gasteiger partial charge in [0.05, 0.1) is 11.4 Å². The lowest BCUT2D eigenvalue weighted by Gasteiger charge is -2.44. The van der Waals surface area contributed by atoms with Crippen LogP contribution >= 0.6 is 22.7 Å². The summed E-state index contributed by atoms with van der Waals surface area (Å²) in [5.41, 5.74) is 22.7. The molecule has 8 aromatic rings. The van der Waals surface area contributed by atoms with Crippen molar-refractivity contribution in [2.75, 3.05) is 14.7 Å². The molecule has 0 saturated heterocycles. The zero-order valence-corrected chi connectivity index (χ0v) is 44.6. The summed E-state index contributed by atoms with van der Waals surface area (Å²) in [5.74, 6) is 0.545. The molecule has 352 valence electrons. The Morgan fingerprint density at radius 2 is 0.929 bits per heavy atom. The number of fused-ring (bicyclic) bond motifs is 13. The second kappa shape index (κ2) is 14.7. The number of benzene rings is 6. The quantitative estimate of drug-likeness (QED) is 0.163. The fourth-order valence-corrected chi connectivity index (χ4v) is 17.2. The first-order chi connectivity index (χ1) is 33.5. The van der Waals surface area contributed by atoms with E-state index >= 15 is 0 Å². The zero-order valence-electron chi connectivity index (χ0n) is 42.9. The van der Waals surface area contributed by atoms with Gasteiger partial charge in [-0.2, -0.15) is 0 Å². The van der Waals surface area contributed by atoms with Crippen molar-refractivity contribution in [3.05, 3.63) is 148 Å². The van der Waals surface area contributed by atoms with E-state index in [1.54, 1.807) is 11.1 Å². The molecule has 70 heavy (non-hydrogen) atoms. The molecule has 3 aliphatic heterocycles. The molecule has 5 heterocycles. The number of para-hydroxylation sites is 1. The summed E-state index contributed by atoms with van der Waals surface area (Å²) in [7, 11) is 0. The topological polar surface area (TPSA) is 9.72 Å². The van der Waals surface area contributed by atoms with Gasteiger partial charge in [-0.05, 0) is 174 Å². The van der Waals surface area contributed by atoms with E-state index in [0.29, 0.717) is 12.0 Å². The molecule has 0 N–H and O–H groups in total. The predicted octanol–water partition coefficient (Wildman–Crippen LogP) is 16.7. The Morgan fingerprint density at radius 3 is 1.41 bits per heavy atom. The number of aryl methyl sites for hydroxylation is 2. The van der Waals surface area contributed by atoms with E-state index in [4.69, 9.17) is 0 Å². The van der Waals surface area contributed by atoms with Crippen molar-refractivity contribution in [3.63, 3.8) is 0 Å². The van der Waals surface area contributed by atoms with E-state index < -0.39 is 0 Å². The predicted molar refractivity (Wildman–Crippen MR) is 305 cm³/mol. The Hall–Kier alpha value is -5.30. The number of thiophene rings is 2. The molecule has 1 saturated carbocycles. The highest BCUT2D eigenvalue weighted by Gasteiger charge is 2.50. The van der Waals surface area contributed by atoms with E-state index in [1.807, 2.05) is 0 Å². The van der Waals surface area contributed by atoms with Gasteiger partial charge in [0, 0.05) is 75.8 Å². The molecule has 6 aliphatic rings. The third-order valence-electron chi connectivity index (χ3n) is 18.7.